The Labute approximate surface area is 241 Å². The molecule has 1 fully saturated rings. The van der Waals surface area contributed by atoms with Crippen LogP contribution in [-0.4, -0.2) is 89.6 Å². The third-order valence-corrected chi connectivity index (χ3v) is 7.37. The van der Waals surface area contributed by atoms with Crippen LogP contribution < -0.4 is 15.0 Å². The number of imidazole rings is 1. The molecule has 210 valence electrons. The summed E-state index contributed by atoms with van der Waals surface area (Å²) in [6.45, 7) is 7.48. The molecule has 2 aliphatic heterocycles. The lowest BCUT2D eigenvalue weighted by atomic mass is 10.1. The molecule has 0 aliphatic carbocycles. The summed E-state index contributed by atoms with van der Waals surface area (Å²) in [6, 6.07) is 14.6. The van der Waals surface area contributed by atoms with Crippen molar-refractivity contribution >= 4 is 17.5 Å². The standard InChI is InChI=1S/C32H34N6O3/c1-4-14-36-16-18-37(19-17-36)15-8-11-25-12-13-29-28(20-25)35(3)32(40)30(24(2)41-29)34-31(39)27-22-38(23-33-27)21-26-9-6-5-7-10-26/h1,5-7,9-10,12-13,20,22-24,30H,14-19,21H2,2-3H3,(H,34,39)/t24-,30-/m0/s1. The first-order valence-electron chi connectivity index (χ1n) is 13.7. The zero-order valence-corrected chi connectivity index (χ0v) is 23.4. The normalized spacial score (nSPS) is 19.2. The number of nitrogens with zero attached hydrogens (tertiary/aromatic N) is 5. The average Bonchev–Trinajstić information content (AvgIpc) is 3.43. The van der Waals surface area contributed by atoms with Crippen molar-refractivity contribution in [1.29, 1.82) is 0 Å². The van der Waals surface area contributed by atoms with Crippen molar-refractivity contribution in [2.75, 3.05) is 51.2 Å². The molecule has 2 aliphatic rings. The Kier molecular flexibility index (Phi) is 8.69. The second-order valence-corrected chi connectivity index (χ2v) is 10.3. The van der Waals surface area contributed by atoms with Gasteiger partial charge in [-0.25, -0.2) is 4.98 Å². The van der Waals surface area contributed by atoms with Crippen molar-refractivity contribution in [3.05, 3.63) is 77.9 Å². The number of carbonyl (C=O) groups is 2. The van der Waals surface area contributed by atoms with Gasteiger partial charge < -0.3 is 19.5 Å². The highest BCUT2D eigenvalue weighted by Gasteiger charge is 2.36. The summed E-state index contributed by atoms with van der Waals surface area (Å²) in [5.74, 6) is 9.03. The maximum absolute atomic E-state index is 13.5. The van der Waals surface area contributed by atoms with Crippen LogP contribution in [0.25, 0.3) is 0 Å². The van der Waals surface area contributed by atoms with Crippen molar-refractivity contribution in [3.8, 4) is 29.9 Å². The molecule has 3 aromatic rings. The van der Waals surface area contributed by atoms with E-state index in [0.29, 0.717) is 31.1 Å². The van der Waals surface area contributed by atoms with E-state index in [9.17, 15) is 9.59 Å². The second kappa shape index (κ2) is 12.7. The third kappa shape index (κ3) is 6.78. The first-order chi connectivity index (χ1) is 19.9. The summed E-state index contributed by atoms with van der Waals surface area (Å²) in [6.07, 6.45) is 8.11. The van der Waals surface area contributed by atoms with Crippen LogP contribution in [0.4, 0.5) is 5.69 Å². The summed E-state index contributed by atoms with van der Waals surface area (Å²) in [5.41, 5.74) is 2.73. The minimum absolute atomic E-state index is 0.236. The number of hydrogen-bond acceptors (Lipinski definition) is 6. The topological polar surface area (TPSA) is 82.9 Å². The van der Waals surface area contributed by atoms with Gasteiger partial charge in [0.25, 0.3) is 11.8 Å². The average molecular weight is 551 g/mol. The molecular weight excluding hydrogens is 516 g/mol. The fraction of sp³-hybridized carbons (Fsp3) is 0.344. The molecule has 9 heteroatoms. The van der Waals surface area contributed by atoms with Gasteiger partial charge in [-0.2, -0.15) is 0 Å². The Morgan fingerprint density at radius 3 is 2.56 bits per heavy atom. The highest BCUT2D eigenvalue weighted by atomic mass is 16.5. The van der Waals surface area contributed by atoms with Gasteiger partial charge in [0, 0.05) is 51.5 Å². The molecule has 5 rings (SSSR count). The molecule has 0 radical (unpaired) electrons. The molecule has 2 aromatic carbocycles. The molecule has 2 amide bonds. The predicted molar refractivity (Wildman–Crippen MR) is 158 cm³/mol. The van der Waals surface area contributed by atoms with Crippen LogP contribution in [0.1, 0.15) is 28.5 Å². The van der Waals surface area contributed by atoms with Gasteiger partial charge in [0.2, 0.25) is 0 Å². The SMILES string of the molecule is C#CCN1CCN(CC#Cc2ccc3c(c2)N(C)C(=O)[C@@H](NC(=O)c2cn(Cc4ccccc4)cn2)[C@H](C)O3)CC1. The lowest BCUT2D eigenvalue weighted by Crippen LogP contribution is -2.53. The van der Waals surface area contributed by atoms with E-state index < -0.39 is 18.1 Å². The largest absolute Gasteiger partial charge is 0.486 e. The highest BCUT2D eigenvalue weighted by Crippen LogP contribution is 2.33. The van der Waals surface area contributed by atoms with Gasteiger partial charge in [0.1, 0.15) is 23.6 Å². The zero-order chi connectivity index (χ0) is 28.8. The minimum Gasteiger partial charge on any atom is -0.486 e. The molecule has 1 aromatic heterocycles. The van der Waals surface area contributed by atoms with Gasteiger partial charge in [-0.1, -0.05) is 48.1 Å². The Balaban J connectivity index is 1.22. The van der Waals surface area contributed by atoms with E-state index in [1.54, 1.807) is 26.5 Å². The molecule has 0 saturated carbocycles. The Hall–Kier alpha value is -4.57. The van der Waals surface area contributed by atoms with Crippen LogP contribution in [0.3, 0.4) is 0 Å². The number of terminal acetylenes is 1. The maximum Gasteiger partial charge on any atom is 0.272 e. The van der Waals surface area contributed by atoms with Gasteiger partial charge in [-0.05, 0) is 30.7 Å². The first-order valence-corrected chi connectivity index (χ1v) is 13.7. The number of rotatable bonds is 6. The number of nitrogens with one attached hydrogen (secondary N) is 1. The lowest BCUT2D eigenvalue weighted by molar-refractivity contribution is -0.121. The van der Waals surface area contributed by atoms with Gasteiger partial charge in [0.05, 0.1) is 25.1 Å². The number of fused-ring (bicyclic) bond motifs is 1. The van der Waals surface area contributed by atoms with E-state index in [4.69, 9.17) is 11.2 Å². The van der Waals surface area contributed by atoms with Crippen molar-refractivity contribution in [3.63, 3.8) is 0 Å². The van der Waals surface area contributed by atoms with Crippen molar-refractivity contribution in [2.45, 2.75) is 25.6 Å². The van der Waals surface area contributed by atoms with E-state index in [-0.39, 0.29) is 11.6 Å². The number of ether oxygens (including phenoxy) is 1. The van der Waals surface area contributed by atoms with Crippen LogP contribution in [0.2, 0.25) is 0 Å². The van der Waals surface area contributed by atoms with E-state index >= 15 is 0 Å². The van der Waals surface area contributed by atoms with Crippen molar-refractivity contribution in [2.24, 2.45) is 0 Å². The monoisotopic (exact) mass is 550 g/mol. The molecule has 3 heterocycles. The summed E-state index contributed by atoms with van der Waals surface area (Å²) in [4.78, 5) is 36.9. The molecular formula is C32H34N6O3. The van der Waals surface area contributed by atoms with Crippen LogP contribution in [0.15, 0.2) is 61.1 Å². The van der Waals surface area contributed by atoms with E-state index in [1.165, 1.54) is 4.90 Å². The molecule has 1 saturated heterocycles. The van der Waals surface area contributed by atoms with Gasteiger partial charge in [0.15, 0.2) is 0 Å². The van der Waals surface area contributed by atoms with Crippen LogP contribution in [-0.2, 0) is 11.3 Å². The quantitative estimate of drug-likeness (QED) is 0.474. The predicted octanol–water partition coefficient (Wildman–Crippen LogP) is 2.08. The molecule has 0 unspecified atom stereocenters. The van der Waals surface area contributed by atoms with Gasteiger partial charge in [-0.15, -0.1) is 6.42 Å². The minimum atomic E-state index is -0.887. The fourth-order valence-electron chi connectivity index (χ4n) is 4.99. The number of aromatic nitrogens is 2. The summed E-state index contributed by atoms with van der Waals surface area (Å²) in [5, 5.41) is 2.83. The third-order valence-electron chi connectivity index (χ3n) is 7.37. The molecule has 9 nitrogen and oxygen atoms in total. The van der Waals surface area contributed by atoms with Crippen molar-refractivity contribution < 1.29 is 14.3 Å². The fourth-order valence-corrected chi connectivity index (χ4v) is 4.99. The van der Waals surface area contributed by atoms with Crippen LogP contribution in [0, 0.1) is 24.2 Å². The Morgan fingerprint density at radius 2 is 1.83 bits per heavy atom. The number of amides is 2. The molecule has 0 bridgehead atoms. The van der Waals surface area contributed by atoms with E-state index in [2.05, 4.69) is 37.9 Å². The number of carbonyl (C=O) groups excluding carboxylic acids is 2. The number of benzene rings is 2. The van der Waals surface area contributed by atoms with Gasteiger partial charge >= 0.3 is 0 Å². The lowest BCUT2D eigenvalue weighted by Gasteiger charge is -2.32. The van der Waals surface area contributed by atoms with Crippen LogP contribution >= 0.6 is 0 Å². The number of piperazine rings is 1. The number of hydrogen-bond donors (Lipinski definition) is 1. The summed E-state index contributed by atoms with van der Waals surface area (Å²) < 4.78 is 7.97. The highest BCUT2D eigenvalue weighted by molar-refractivity contribution is 6.03. The first kappa shape index (κ1) is 28.0. The Morgan fingerprint density at radius 1 is 1.10 bits per heavy atom. The summed E-state index contributed by atoms with van der Waals surface area (Å²) in [7, 11) is 1.68. The molecule has 1 N–H and O–H groups in total. The van der Waals surface area contributed by atoms with Gasteiger partial charge in [-0.3, -0.25) is 19.4 Å². The molecule has 41 heavy (non-hydrogen) atoms. The maximum atomic E-state index is 13.5. The van der Waals surface area contributed by atoms with E-state index in [0.717, 1.165) is 37.3 Å². The molecule has 2 atom stereocenters. The second-order valence-electron chi connectivity index (χ2n) is 10.3. The van der Waals surface area contributed by atoms with Crippen LogP contribution in [0.5, 0.6) is 5.75 Å². The smallest absolute Gasteiger partial charge is 0.272 e. The zero-order valence-electron chi connectivity index (χ0n) is 23.4. The Bertz CT molecular complexity index is 1490. The number of anilines is 1. The summed E-state index contributed by atoms with van der Waals surface area (Å²) >= 11 is 0. The number of likely N-dealkylation sites (N-methyl/N-ethyl adjacent to an activating group) is 1. The van der Waals surface area contributed by atoms with Crippen molar-refractivity contribution in [1.82, 2.24) is 24.7 Å². The van der Waals surface area contributed by atoms with E-state index in [1.807, 2.05) is 53.1 Å². The molecule has 0 spiro atoms.